The smallest absolute Gasteiger partial charge is 0.223 e. The van der Waals surface area contributed by atoms with Crippen molar-refractivity contribution in [3.8, 4) is 5.75 Å². The minimum absolute atomic E-state index is 0.00712. The molecule has 0 aliphatic carbocycles. The van der Waals surface area contributed by atoms with Crippen LogP contribution in [0.25, 0.3) is 0 Å². The van der Waals surface area contributed by atoms with Gasteiger partial charge in [-0.15, -0.1) is 0 Å². The molecule has 0 amide bonds. The van der Waals surface area contributed by atoms with Gasteiger partial charge in [-0.05, 0) is 19.4 Å². The van der Waals surface area contributed by atoms with Crippen LogP contribution in [0.1, 0.15) is 31.7 Å². The van der Waals surface area contributed by atoms with E-state index in [0.717, 1.165) is 6.42 Å². The molecule has 0 fully saturated rings. The van der Waals surface area contributed by atoms with Crippen molar-refractivity contribution in [2.45, 2.75) is 40.0 Å². The first-order valence-electron chi connectivity index (χ1n) is 7.25. The molecule has 0 aliphatic heterocycles. The molecular formula is C15H26N2O4. The normalized spacial score (nSPS) is 11.6. The molecule has 0 spiro atoms. The van der Waals surface area contributed by atoms with Crippen LogP contribution in [0.15, 0.2) is 10.9 Å². The summed E-state index contributed by atoms with van der Waals surface area (Å²) in [6, 6.07) is 1.28. The summed E-state index contributed by atoms with van der Waals surface area (Å²) in [7, 11) is 1.80. The highest BCUT2D eigenvalue weighted by Gasteiger charge is 2.16. The van der Waals surface area contributed by atoms with Crippen LogP contribution in [0.3, 0.4) is 0 Å². The molecule has 0 saturated carbocycles. The Bertz CT molecular complexity index is 511. The van der Waals surface area contributed by atoms with Crippen LogP contribution < -0.4 is 5.43 Å². The molecule has 120 valence electrons. The van der Waals surface area contributed by atoms with E-state index in [1.807, 2.05) is 9.47 Å². The molecule has 21 heavy (non-hydrogen) atoms. The van der Waals surface area contributed by atoms with Crippen LogP contribution in [0.4, 0.5) is 0 Å². The van der Waals surface area contributed by atoms with Crippen molar-refractivity contribution in [2.24, 2.45) is 5.92 Å². The number of nitrogens with zero attached hydrogens (tertiary/aromatic N) is 2. The lowest BCUT2D eigenvalue weighted by atomic mass is 10.1. The number of pyridine rings is 1. The lowest BCUT2D eigenvalue weighted by molar-refractivity contribution is 0.210. The minimum atomic E-state index is -0.479. The lowest BCUT2D eigenvalue weighted by Gasteiger charge is -2.23. The SMILES string of the molecule is CC(C)CCn1c(CO)cc(=O)c(O)c1CN(C)CCO. The zero-order valence-electron chi connectivity index (χ0n) is 13.0. The van der Waals surface area contributed by atoms with E-state index >= 15 is 0 Å². The van der Waals surface area contributed by atoms with E-state index < -0.39 is 5.43 Å². The first kappa shape index (κ1) is 17.7. The van der Waals surface area contributed by atoms with Gasteiger partial charge in [0.2, 0.25) is 5.43 Å². The zero-order valence-corrected chi connectivity index (χ0v) is 13.0. The van der Waals surface area contributed by atoms with Gasteiger partial charge in [-0.2, -0.15) is 0 Å². The molecule has 0 radical (unpaired) electrons. The monoisotopic (exact) mass is 298 g/mol. The molecule has 6 nitrogen and oxygen atoms in total. The molecule has 0 aliphatic rings. The molecule has 0 saturated heterocycles. The number of rotatable bonds is 8. The molecule has 3 N–H and O–H groups in total. The van der Waals surface area contributed by atoms with E-state index in [1.54, 1.807) is 7.05 Å². The van der Waals surface area contributed by atoms with Crippen molar-refractivity contribution in [3.05, 3.63) is 27.7 Å². The Morgan fingerprint density at radius 3 is 2.52 bits per heavy atom. The van der Waals surface area contributed by atoms with E-state index in [1.165, 1.54) is 6.07 Å². The van der Waals surface area contributed by atoms with Crippen LogP contribution in [0.5, 0.6) is 5.75 Å². The second kappa shape index (κ2) is 8.17. The van der Waals surface area contributed by atoms with Crippen LogP contribution >= 0.6 is 0 Å². The fourth-order valence-electron chi connectivity index (χ4n) is 2.20. The van der Waals surface area contributed by atoms with Crippen LogP contribution in [0.2, 0.25) is 0 Å². The third-order valence-corrected chi connectivity index (χ3v) is 3.47. The summed E-state index contributed by atoms with van der Waals surface area (Å²) < 4.78 is 1.81. The van der Waals surface area contributed by atoms with Gasteiger partial charge in [0, 0.05) is 31.4 Å². The molecule has 1 aromatic heterocycles. The summed E-state index contributed by atoms with van der Waals surface area (Å²) in [5, 5.41) is 28.5. The Hall–Kier alpha value is -1.37. The highest BCUT2D eigenvalue weighted by Crippen LogP contribution is 2.18. The molecular weight excluding hydrogens is 272 g/mol. The average molecular weight is 298 g/mol. The maximum absolute atomic E-state index is 11.8. The molecule has 0 atom stereocenters. The molecule has 1 heterocycles. The summed E-state index contributed by atoms with van der Waals surface area (Å²) in [4.78, 5) is 13.6. The Morgan fingerprint density at radius 1 is 1.33 bits per heavy atom. The first-order valence-corrected chi connectivity index (χ1v) is 7.25. The number of aromatic hydroxyl groups is 1. The van der Waals surface area contributed by atoms with Crippen molar-refractivity contribution in [1.29, 1.82) is 0 Å². The van der Waals surface area contributed by atoms with Crippen molar-refractivity contribution < 1.29 is 15.3 Å². The topological polar surface area (TPSA) is 85.9 Å². The third-order valence-electron chi connectivity index (χ3n) is 3.47. The van der Waals surface area contributed by atoms with E-state index in [4.69, 9.17) is 5.11 Å². The Labute approximate surface area is 125 Å². The van der Waals surface area contributed by atoms with Crippen LogP contribution in [-0.2, 0) is 19.7 Å². The van der Waals surface area contributed by atoms with Crippen LogP contribution in [-0.4, -0.2) is 45.0 Å². The van der Waals surface area contributed by atoms with Gasteiger partial charge in [0.25, 0.3) is 0 Å². The fraction of sp³-hybridized carbons (Fsp3) is 0.667. The first-order chi connectivity index (χ1) is 9.90. The number of aliphatic hydroxyl groups is 2. The molecule has 1 aromatic rings. The highest BCUT2D eigenvalue weighted by atomic mass is 16.3. The van der Waals surface area contributed by atoms with E-state index in [2.05, 4.69) is 13.8 Å². The fourth-order valence-corrected chi connectivity index (χ4v) is 2.20. The van der Waals surface area contributed by atoms with Gasteiger partial charge in [-0.25, -0.2) is 0 Å². The Kier molecular flexibility index (Phi) is 6.87. The molecule has 0 bridgehead atoms. The molecule has 6 heteroatoms. The van der Waals surface area contributed by atoms with Gasteiger partial charge >= 0.3 is 0 Å². The number of hydrogen-bond acceptors (Lipinski definition) is 5. The number of aromatic nitrogens is 1. The van der Waals surface area contributed by atoms with Gasteiger partial charge in [-0.1, -0.05) is 13.8 Å². The van der Waals surface area contributed by atoms with Crippen molar-refractivity contribution in [1.82, 2.24) is 9.47 Å². The predicted octanol–water partition coefficient (Wildman–Crippen LogP) is 0.516. The Morgan fingerprint density at radius 2 is 2.00 bits per heavy atom. The van der Waals surface area contributed by atoms with Gasteiger partial charge in [-0.3, -0.25) is 9.69 Å². The summed E-state index contributed by atoms with van der Waals surface area (Å²) in [6.45, 7) is 5.37. The lowest BCUT2D eigenvalue weighted by Crippen LogP contribution is -2.27. The van der Waals surface area contributed by atoms with Crippen molar-refractivity contribution in [2.75, 3.05) is 20.2 Å². The third kappa shape index (κ3) is 4.84. The van der Waals surface area contributed by atoms with Gasteiger partial charge in [0.05, 0.1) is 18.9 Å². The number of hydrogen-bond donors (Lipinski definition) is 3. The number of aliphatic hydroxyl groups excluding tert-OH is 2. The van der Waals surface area contributed by atoms with Crippen LogP contribution in [0, 0.1) is 5.92 Å². The van der Waals surface area contributed by atoms with E-state index in [-0.39, 0.29) is 19.0 Å². The second-order valence-corrected chi connectivity index (χ2v) is 5.75. The van der Waals surface area contributed by atoms with Crippen molar-refractivity contribution >= 4 is 0 Å². The number of likely N-dealkylation sites (N-methyl/N-ethyl adjacent to an activating group) is 1. The van der Waals surface area contributed by atoms with Gasteiger partial charge in [0.1, 0.15) is 0 Å². The maximum atomic E-state index is 11.8. The predicted molar refractivity (Wildman–Crippen MR) is 81.2 cm³/mol. The minimum Gasteiger partial charge on any atom is -0.503 e. The summed E-state index contributed by atoms with van der Waals surface area (Å²) in [6.07, 6.45) is 0.881. The second-order valence-electron chi connectivity index (χ2n) is 5.75. The molecule has 1 rings (SSSR count). The summed E-state index contributed by atoms with van der Waals surface area (Å²) in [5.74, 6) is 0.196. The maximum Gasteiger partial charge on any atom is 0.223 e. The van der Waals surface area contributed by atoms with Crippen molar-refractivity contribution in [3.63, 3.8) is 0 Å². The Balaban J connectivity index is 3.21. The standard InChI is InChI=1S/C15H26N2O4/c1-11(2)4-5-17-12(10-19)8-14(20)15(21)13(17)9-16(3)6-7-18/h8,11,18-19,21H,4-7,9-10H2,1-3H3. The molecule has 0 unspecified atom stereocenters. The zero-order chi connectivity index (χ0) is 16.0. The highest BCUT2D eigenvalue weighted by molar-refractivity contribution is 5.30. The average Bonchev–Trinajstić information content (AvgIpc) is 2.42. The van der Waals surface area contributed by atoms with E-state index in [9.17, 15) is 15.0 Å². The van der Waals surface area contributed by atoms with E-state index in [0.29, 0.717) is 36.9 Å². The summed E-state index contributed by atoms with van der Waals surface area (Å²) >= 11 is 0. The molecule has 0 aromatic carbocycles. The van der Waals surface area contributed by atoms with Gasteiger partial charge < -0.3 is 19.9 Å². The van der Waals surface area contributed by atoms with Gasteiger partial charge in [0.15, 0.2) is 5.75 Å². The largest absolute Gasteiger partial charge is 0.503 e. The summed E-state index contributed by atoms with van der Waals surface area (Å²) in [5.41, 5.74) is 0.515. The quantitative estimate of drug-likeness (QED) is 0.651.